The lowest BCUT2D eigenvalue weighted by molar-refractivity contribution is 1.04. The Hall–Kier alpha value is -0.960. The Bertz CT molecular complexity index is 208. The Labute approximate surface area is 76.4 Å². The van der Waals surface area contributed by atoms with E-state index in [0.717, 1.165) is 19.3 Å². The third-order valence-corrected chi connectivity index (χ3v) is 1.60. The molecule has 0 heterocycles. The van der Waals surface area contributed by atoms with Crippen molar-refractivity contribution < 1.29 is 0 Å². The van der Waals surface area contributed by atoms with Crippen LogP contribution in [-0.4, -0.2) is 0 Å². The van der Waals surface area contributed by atoms with E-state index in [1.54, 1.807) is 0 Å². The topological polar surface area (TPSA) is 0 Å². The SMILES string of the molecule is C/C=C\C=C(/CC)CC#CCC. The fraction of sp³-hybridized carbons (Fsp3) is 0.500. The first kappa shape index (κ1) is 11.0. The quantitative estimate of drug-likeness (QED) is 0.438. The standard InChI is InChI=1S/C12H18/c1-4-7-9-11-12(6-3)10-8-5-2/h5,8,10H,4,6,11H2,1-3H3/b8-5-,12-10+. The van der Waals surface area contributed by atoms with Crippen molar-refractivity contribution in [3.05, 3.63) is 23.8 Å². The van der Waals surface area contributed by atoms with E-state index in [2.05, 4.69) is 37.8 Å². The van der Waals surface area contributed by atoms with Gasteiger partial charge in [0.2, 0.25) is 0 Å². The molecule has 0 spiro atoms. The highest BCUT2D eigenvalue weighted by atomic mass is 13.9. The van der Waals surface area contributed by atoms with E-state index in [1.807, 2.05) is 13.0 Å². The van der Waals surface area contributed by atoms with Crippen LogP contribution in [0.1, 0.15) is 40.0 Å². The van der Waals surface area contributed by atoms with Gasteiger partial charge in [-0.2, -0.15) is 0 Å². The molecule has 0 heteroatoms. The summed E-state index contributed by atoms with van der Waals surface area (Å²) in [7, 11) is 0. The van der Waals surface area contributed by atoms with Crippen molar-refractivity contribution in [3.63, 3.8) is 0 Å². The van der Waals surface area contributed by atoms with E-state index in [4.69, 9.17) is 0 Å². The summed E-state index contributed by atoms with van der Waals surface area (Å²) in [5, 5.41) is 0. The number of allylic oxidation sites excluding steroid dienone is 4. The van der Waals surface area contributed by atoms with Crippen LogP contribution >= 0.6 is 0 Å². The van der Waals surface area contributed by atoms with Crippen molar-refractivity contribution in [3.8, 4) is 11.8 Å². The number of hydrogen-bond donors (Lipinski definition) is 0. The zero-order valence-electron chi connectivity index (χ0n) is 8.35. The average molecular weight is 162 g/mol. The van der Waals surface area contributed by atoms with Crippen LogP contribution < -0.4 is 0 Å². The van der Waals surface area contributed by atoms with Crippen LogP contribution in [0.25, 0.3) is 0 Å². The second kappa shape index (κ2) is 8.14. The first-order chi connectivity index (χ1) is 5.85. The highest BCUT2D eigenvalue weighted by Gasteiger charge is 1.87. The lowest BCUT2D eigenvalue weighted by Gasteiger charge is -1.94. The molecular formula is C12H18. The van der Waals surface area contributed by atoms with Crippen molar-refractivity contribution in [2.45, 2.75) is 40.0 Å². The van der Waals surface area contributed by atoms with Crippen molar-refractivity contribution in [1.29, 1.82) is 0 Å². The summed E-state index contributed by atoms with van der Waals surface area (Å²) in [5.74, 6) is 6.22. The van der Waals surface area contributed by atoms with Gasteiger partial charge in [0.1, 0.15) is 0 Å². The molecule has 0 aromatic carbocycles. The van der Waals surface area contributed by atoms with E-state index < -0.39 is 0 Å². The van der Waals surface area contributed by atoms with Crippen LogP contribution in [0.15, 0.2) is 23.8 Å². The van der Waals surface area contributed by atoms with Gasteiger partial charge in [0.05, 0.1) is 0 Å². The van der Waals surface area contributed by atoms with Crippen molar-refractivity contribution in [2.75, 3.05) is 0 Å². The molecular weight excluding hydrogens is 144 g/mol. The monoisotopic (exact) mass is 162 g/mol. The summed E-state index contributed by atoms with van der Waals surface area (Å²) in [6.07, 6.45) is 9.26. The van der Waals surface area contributed by atoms with Crippen LogP contribution in [0.3, 0.4) is 0 Å². The van der Waals surface area contributed by atoms with Crippen LogP contribution in [0.5, 0.6) is 0 Å². The van der Waals surface area contributed by atoms with Crippen LogP contribution in [0.2, 0.25) is 0 Å². The minimum atomic E-state index is 0.925. The summed E-state index contributed by atoms with van der Waals surface area (Å²) in [4.78, 5) is 0. The molecule has 66 valence electrons. The largest absolute Gasteiger partial charge is 0.103 e. The molecule has 0 aliphatic carbocycles. The molecule has 0 unspecified atom stereocenters. The molecule has 0 radical (unpaired) electrons. The predicted octanol–water partition coefficient (Wildman–Crippen LogP) is 3.70. The smallest absolute Gasteiger partial charge is 0.0302 e. The summed E-state index contributed by atoms with van der Waals surface area (Å²) in [6, 6.07) is 0. The molecule has 0 amide bonds. The van der Waals surface area contributed by atoms with E-state index >= 15 is 0 Å². The summed E-state index contributed by atoms with van der Waals surface area (Å²) in [6.45, 7) is 6.28. The molecule has 0 saturated carbocycles. The van der Waals surface area contributed by atoms with Crippen LogP contribution in [0, 0.1) is 11.8 Å². The average Bonchev–Trinajstić information content (AvgIpc) is 2.11. The van der Waals surface area contributed by atoms with E-state index in [9.17, 15) is 0 Å². The van der Waals surface area contributed by atoms with E-state index in [0.29, 0.717) is 0 Å². The zero-order valence-corrected chi connectivity index (χ0v) is 8.35. The van der Waals surface area contributed by atoms with Crippen molar-refractivity contribution in [2.24, 2.45) is 0 Å². The summed E-state index contributed by atoms with van der Waals surface area (Å²) in [5.41, 5.74) is 1.41. The maximum absolute atomic E-state index is 3.14. The van der Waals surface area contributed by atoms with E-state index in [1.165, 1.54) is 5.57 Å². The summed E-state index contributed by atoms with van der Waals surface area (Å²) < 4.78 is 0. The molecule has 0 aliphatic rings. The molecule has 0 bridgehead atoms. The van der Waals surface area contributed by atoms with Gasteiger partial charge in [0.15, 0.2) is 0 Å². The Morgan fingerprint density at radius 2 is 2.00 bits per heavy atom. The number of rotatable bonds is 3. The molecule has 0 saturated heterocycles. The minimum absolute atomic E-state index is 0.925. The molecule has 0 nitrogen and oxygen atoms in total. The van der Waals surface area contributed by atoms with Gasteiger partial charge in [-0.25, -0.2) is 0 Å². The minimum Gasteiger partial charge on any atom is -0.103 e. The van der Waals surface area contributed by atoms with Gasteiger partial charge in [-0.3, -0.25) is 0 Å². The molecule has 0 rings (SSSR count). The zero-order chi connectivity index (χ0) is 9.23. The lowest BCUT2D eigenvalue weighted by Crippen LogP contribution is -1.77. The van der Waals surface area contributed by atoms with Crippen LogP contribution in [0.4, 0.5) is 0 Å². The molecule has 0 fully saturated rings. The highest BCUT2D eigenvalue weighted by Crippen LogP contribution is 2.05. The lowest BCUT2D eigenvalue weighted by atomic mass is 10.1. The van der Waals surface area contributed by atoms with Gasteiger partial charge in [0, 0.05) is 12.8 Å². The second-order valence-corrected chi connectivity index (χ2v) is 2.59. The molecule has 0 N–H and O–H groups in total. The predicted molar refractivity (Wildman–Crippen MR) is 55.9 cm³/mol. The van der Waals surface area contributed by atoms with Crippen LogP contribution in [-0.2, 0) is 0 Å². The molecule has 0 aromatic rings. The first-order valence-corrected chi connectivity index (χ1v) is 4.61. The van der Waals surface area contributed by atoms with Gasteiger partial charge in [0.25, 0.3) is 0 Å². The Kier molecular flexibility index (Phi) is 7.49. The van der Waals surface area contributed by atoms with Gasteiger partial charge in [-0.1, -0.05) is 43.6 Å². The van der Waals surface area contributed by atoms with E-state index in [-0.39, 0.29) is 0 Å². The second-order valence-electron chi connectivity index (χ2n) is 2.59. The maximum atomic E-state index is 3.14. The van der Waals surface area contributed by atoms with Gasteiger partial charge in [-0.05, 0) is 13.3 Å². The first-order valence-electron chi connectivity index (χ1n) is 4.61. The third-order valence-electron chi connectivity index (χ3n) is 1.60. The normalized spacial score (nSPS) is 11.4. The van der Waals surface area contributed by atoms with Crippen molar-refractivity contribution in [1.82, 2.24) is 0 Å². The van der Waals surface area contributed by atoms with Gasteiger partial charge in [-0.15, -0.1) is 5.92 Å². The fourth-order valence-corrected chi connectivity index (χ4v) is 0.835. The highest BCUT2D eigenvalue weighted by molar-refractivity contribution is 5.18. The Morgan fingerprint density at radius 3 is 2.50 bits per heavy atom. The fourth-order valence-electron chi connectivity index (χ4n) is 0.835. The molecule has 12 heavy (non-hydrogen) atoms. The maximum Gasteiger partial charge on any atom is 0.0302 e. The molecule has 0 atom stereocenters. The van der Waals surface area contributed by atoms with Gasteiger partial charge >= 0.3 is 0 Å². The third kappa shape index (κ3) is 5.80. The van der Waals surface area contributed by atoms with Crippen molar-refractivity contribution >= 4 is 0 Å². The Balaban J connectivity index is 3.99. The Morgan fingerprint density at radius 1 is 1.25 bits per heavy atom. The summed E-state index contributed by atoms with van der Waals surface area (Å²) >= 11 is 0. The molecule has 0 aliphatic heterocycles. The molecule has 0 aromatic heterocycles. The van der Waals surface area contributed by atoms with Gasteiger partial charge < -0.3 is 0 Å². The number of hydrogen-bond acceptors (Lipinski definition) is 0.